The lowest BCUT2D eigenvalue weighted by atomic mass is 10.1. The summed E-state index contributed by atoms with van der Waals surface area (Å²) in [5, 5.41) is 24.1. The maximum absolute atomic E-state index is 12.3. The summed E-state index contributed by atoms with van der Waals surface area (Å²) in [7, 11) is 1.58. The Balaban J connectivity index is 1.44. The van der Waals surface area contributed by atoms with Gasteiger partial charge in [-0.1, -0.05) is 0 Å². The largest absolute Gasteiger partial charge is 0.497 e. The number of nitrogens with zero attached hydrogens (tertiary/aromatic N) is 2. The van der Waals surface area contributed by atoms with Crippen LogP contribution in [0.1, 0.15) is 5.56 Å². The fourth-order valence-corrected chi connectivity index (χ4v) is 3.33. The second kappa shape index (κ2) is 11.5. The molecule has 0 aliphatic rings. The second-order valence-electron chi connectivity index (χ2n) is 7.40. The van der Waals surface area contributed by atoms with Crippen LogP contribution in [0.15, 0.2) is 72.9 Å². The van der Waals surface area contributed by atoms with Crippen LogP contribution in [0.4, 0.5) is 16.2 Å². The van der Waals surface area contributed by atoms with E-state index < -0.39 is 0 Å². The first kappa shape index (κ1) is 24.3. The van der Waals surface area contributed by atoms with Gasteiger partial charge in [-0.2, -0.15) is 5.26 Å². The van der Waals surface area contributed by atoms with Gasteiger partial charge in [-0.3, -0.25) is 10.2 Å². The van der Waals surface area contributed by atoms with E-state index in [9.17, 15) is 10.1 Å². The number of hydrogen-bond acceptors (Lipinski definition) is 8. The van der Waals surface area contributed by atoms with E-state index in [-0.39, 0.29) is 19.2 Å². The van der Waals surface area contributed by atoms with Crippen molar-refractivity contribution in [3.05, 3.63) is 78.5 Å². The zero-order chi connectivity index (χ0) is 25.3. The normalized spacial score (nSPS) is 10.4. The molecule has 0 saturated heterocycles. The van der Waals surface area contributed by atoms with E-state index in [2.05, 4.69) is 26.6 Å². The van der Waals surface area contributed by atoms with Crippen LogP contribution in [0.5, 0.6) is 23.0 Å². The number of pyridine rings is 1. The van der Waals surface area contributed by atoms with Crippen molar-refractivity contribution >= 4 is 28.3 Å². The first-order chi connectivity index (χ1) is 17.6. The lowest BCUT2D eigenvalue weighted by Crippen LogP contribution is -2.19. The number of ether oxygens (including phenoxy) is 3. The van der Waals surface area contributed by atoms with Crippen LogP contribution in [0, 0.1) is 11.3 Å². The summed E-state index contributed by atoms with van der Waals surface area (Å²) in [5.74, 6) is 2.06. The highest BCUT2D eigenvalue weighted by molar-refractivity contribution is 5.99. The summed E-state index contributed by atoms with van der Waals surface area (Å²) in [4.78, 5) is 20.6. The molecule has 3 aromatic carbocycles. The third kappa shape index (κ3) is 5.98. The first-order valence-corrected chi connectivity index (χ1v) is 10.8. The molecule has 10 nitrogen and oxygen atoms in total. The van der Waals surface area contributed by atoms with Gasteiger partial charge >= 0.3 is 6.03 Å². The van der Waals surface area contributed by atoms with Gasteiger partial charge in [0.05, 0.1) is 18.2 Å². The minimum atomic E-state index is -0.387. The number of fused-ring (bicyclic) bond motifs is 1. The minimum absolute atomic E-state index is 0.0342. The van der Waals surface area contributed by atoms with Gasteiger partial charge in [-0.05, 0) is 60.7 Å². The maximum atomic E-state index is 12.3. The number of benzene rings is 3. The van der Waals surface area contributed by atoms with E-state index in [1.807, 2.05) is 0 Å². The molecule has 10 heteroatoms. The Hall–Kier alpha value is -4.85. The Morgan fingerprint density at radius 1 is 0.944 bits per heavy atom. The van der Waals surface area contributed by atoms with E-state index in [0.717, 1.165) is 0 Å². The zero-order valence-electron chi connectivity index (χ0n) is 19.2. The molecule has 0 aliphatic carbocycles. The summed E-state index contributed by atoms with van der Waals surface area (Å²) < 4.78 is 16.6. The molecule has 2 amide bonds. The van der Waals surface area contributed by atoms with Crippen molar-refractivity contribution in [1.82, 2.24) is 4.98 Å². The number of methoxy groups -OCH3 is 1. The van der Waals surface area contributed by atoms with Crippen LogP contribution in [0.2, 0.25) is 0 Å². The van der Waals surface area contributed by atoms with Gasteiger partial charge in [-0.25, -0.2) is 9.68 Å². The van der Waals surface area contributed by atoms with Crippen LogP contribution in [0.3, 0.4) is 0 Å². The van der Waals surface area contributed by atoms with E-state index in [1.165, 1.54) is 0 Å². The van der Waals surface area contributed by atoms with Crippen molar-refractivity contribution in [2.45, 2.75) is 0 Å². The molecule has 0 saturated carbocycles. The van der Waals surface area contributed by atoms with Crippen molar-refractivity contribution in [2.75, 3.05) is 31.0 Å². The van der Waals surface area contributed by atoms with Crippen molar-refractivity contribution in [2.24, 2.45) is 0 Å². The number of nitriles is 1. The van der Waals surface area contributed by atoms with E-state index in [4.69, 9.17) is 19.5 Å². The van der Waals surface area contributed by atoms with Gasteiger partial charge in [0.1, 0.15) is 42.3 Å². The second-order valence-corrected chi connectivity index (χ2v) is 7.40. The molecule has 4 rings (SSSR count). The fourth-order valence-electron chi connectivity index (χ4n) is 3.33. The number of rotatable bonds is 9. The van der Waals surface area contributed by atoms with Crippen molar-refractivity contribution in [3.63, 3.8) is 0 Å². The van der Waals surface area contributed by atoms with Crippen LogP contribution in [-0.2, 0) is 4.89 Å². The molecule has 0 aliphatic heterocycles. The standard InChI is InChI=1S/C26H22N4O6/c1-33-20-6-2-18(3-7-20)29-26(31)30-19-4-8-21(9-5-19)36-24-10-11-28-23-15-25(34-12-13-35-32)17(16-27)14-22(23)24/h2-11,14-15,32H,12-13H2,1H3,(H2,29,30,31). The molecule has 36 heavy (non-hydrogen) atoms. The quantitative estimate of drug-likeness (QED) is 0.162. The number of anilines is 2. The summed E-state index contributed by atoms with van der Waals surface area (Å²) >= 11 is 0. The van der Waals surface area contributed by atoms with Crippen LogP contribution in [-0.4, -0.2) is 36.6 Å². The van der Waals surface area contributed by atoms with Gasteiger partial charge in [0.25, 0.3) is 0 Å². The molecule has 0 fully saturated rings. The summed E-state index contributed by atoms with van der Waals surface area (Å²) in [6.07, 6.45) is 1.59. The average molecular weight is 486 g/mol. The number of carbonyl (C=O) groups excluding carboxylic acids is 1. The smallest absolute Gasteiger partial charge is 0.323 e. The Bertz CT molecular complexity index is 1380. The Labute approximate surface area is 206 Å². The van der Waals surface area contributed by atoms with Crippen LogP contribution >= 0.6 is 0 Å². The van der Waals surface area contributed by atoms with Gasteiger partial charge in [0.2, 0.25) is 0 Å². The number of urea groups is 1. The van der Waals surface area contributed by atoms with Gasteiger partial charge < -0.3 is 24.8 Å². The highest BCUT2D eigenvalue weighted by Crippen LogP contribution is 2.33. The topological polar surface area (TPSA) is 135 Å². The Morgan fingerprint density at radius 2 is 1.61 bits per heavy atom. The molecule has 0 bridgehead atoms. The van der Waals surface area contributed by atoms with Crippen molar-refractivity contribution < 1.29 is 29.1 Å². The molecule has 3 N–H and O–H groups in total. The summed E-state index contributed by atoms with van der Waals surface area (Å²) in [6, 6.07) is 20.5. The molecule has 0 radical (unpaired) electrons. The third-order valence-corrected chi connectivity index (χ3v) is 5.04. The SMILES string of the molecule is COc1ccc(NC(=O)Nc2ccc(Oc3ccnc4cc(OCCOO)c(C#N)cc34)cc2)cc1. The van der Waals surface area contributed by atoms with Gasteiger partial charge in [-0.15, -0.1) is 0 Å². The lowest BCUT2D eigenvalue weighted by molar-refractivity contribution is -0.245. The predicted molar refractivity (Wildman–Crippen MR) is 133 cm³/mol. The molecule has 1 aromatic heterocycles. The van der Waals surface area contributed by atoms with E-state index in [1.54, 1.807) is 80.0 Å². The molecule has 4 aromatic rings. The third-order valence-electron chi connectivity index (χ3n) is 5.04. The Morgan fingerprint density at radius 3 is 2.22 bits per heavy atom. The zero-order valence-corrected chi connectivity index (χ0v) is 19.2. The van der Waals surface area contributed by atoms with Crippen molar-refractivity contribution in [3.8, 4) is 29.1 Å². The number of hydrogen-bond donors (Lipinski definition) is 3. The molecular weight excluding hydrogens is 464 g/mol. The number of nitrogens with one attached hydrogen (secondary N) is 2. The average Bonchev–Trinajstić information content (AvgIpc) is 2.90. The molecular formula is C26H22N4O6. The highest BCUT2D eigenvalue weighted by atomic mass is 17.1. The van der Waals surface area contributed by atoms with Crippen LogP contribution < -0.4 is 24.8 Å². The number of carbonyl (C=O) groups is 1. The van der Waals surface area contributed by atoms with E-state index >= 15 is 0 Å². The Kier molecular flexibility index (Phi) is 7.77. The predicted octanol–water partition coefficient (Wildman–Crippen LogP) is 5.42. The maximum Gasteiger partial charge on any atom is 0.323 e. The molecule has 0 unspecified atom stereocenters. The fraction of sp³-hybridized carbons (Fsp3) is 0.115. The lowest BCUT2D eigenvalue weighted by Gasteiger charge is -2.12. The molecule has 182 valence electrons. The number of aromatic nitrogens is 1. The van der Waals surface area contributed by atoms with Crippen LogP contribution in [0.25, 0.3) is 10.9 Å². The van der Waals surface area contributed by atoms with Crippen molar-refractivity contribution in [1.29, 1.82) is 5.26 Å². The minimum Gasteiger partial charge on any atom is -0.497 e. The summed E-state index contributed by atoms with van der Waals surface area (Å²) in [6.45, 7) is 0.0405. The molecule has 1 heterocycles. The highest BCUT2D eigenvalue weighted by Gasteiger charge is 2.12. The van der Waals surface area contributed by atoms with Gasteiger partial charge in [0, 0.05) is 29.0 Å². The molecule has 0 spiro atoms. The summed E-state index contributed by atoms with van der Waals surface area (Å²) in [5.41, 5.74) is 2.07. The van der Waals surface area contributed by atoms with E-state index in [0.29, 0.717) is 50.8 Å². The van der Waals surface area contributed by atoms with Gasteiger partial charge in [0.15, 0.2) is 0 Å². The monoisotopic (exact) mass is 486 g/mol. The number of amides is 2. The molecule has 0 atom stereocenters. The first-order valence-electron chi connectivity index (χ1n) is 10.8.